The molecule has 2 unspecified atom stereocenters. The van der Waals surface area contributed by atoms with E-state index in [2.05, 4.69) is 10.1 Å². The molecule has 3 heterocycles. The largest absolute Gasteiger partial charge is 0.396 e. The van der Waals surface area contributed by atoms with Gasteiger partial charge in [-0.3, -0.25) is 0 Å². The van der Waals surface area contributed by atoms with E-state index in [1.54, 1.807) is 23.4 Å². The molecule has 0 spiro atoms. The molecule has 4 rings (SSSR count). The molecular weight excluding hydrogens is 293 g/mol. The molecule has 0 amide bonds. The molecule has 0 bridgehead atoms. The summed E-state index contributed by atoms with van der Waals surface area (Å²) in [6, 6.07) is 1.58. The van der Waals surface area contributed by atoms with Crippen molar-refractivity contribution in [1.82, 2.24) is 14.6 Å². The first kappa shape index (κ1) is 12.3. The van der Waals surface area contributed by atoms with Crippen LogP contribution in [0.4, 0.5) is 18.9 Å². The van der Waals surface area contributed by atoms with Crippen LogP contribution in [0.15, 0.2) is 18.5 Å². The van der Waals surface area contributed by atoms with Gasteiger partial charge >= 0.3 is 6.18 Å². The second-order valence-corrected chi connectivity index (χ2v) is 5.87. The molecule has 4 nitrogen and oxygen atoms in total. The number of halogens is 4. The third kappa shape index (κ3) is 1.49. The molecule has 106 valence electrons. The van der Waals surface area contributed by atoms with Crippen molar-refractivity contribution in [2.45, 2.75) is 12.6 Å². The molecule has 2 atom stereocenters. The van der Waals surface area contributed by atoms with Gasteiger partial charge in [-0.2, -0.15) is 18.3 Å². The minimum Gasteiger partial charge on any atom is -0.367 e. The number of imidazole rings is 1. The Morgan fingerprint density at radius 3 is 2.90 bits per heavy atom. The van der Waals surface area contributed by atoms with Gasteiger partial charge in [-0.1, -0.05) is 11.6 Å². The monoisotopic (exact) mass is 302 g/mol. The summed E-state index contributed by atoms with van der Waals surface area (Å²) in [6.45, 7) is 0.367. The van der Waals surface area contributed by atoms with Gasteiger partial charge in [0.25, 0.3) is 0 Å². The van der Waals surface area contributed by atoms with E-state index in [1.165, 1.54) is 4.52 Å². The van der Waals surface area contributed by atoms with Crippen molar-refractivity contribution in [2.75, 3.05) is 18.0 Å². The molecule has 2 fully saturated rings. The molecule has 2 aromatic rings. The summed E-state index contributed by atoms with van der Waals surface area (Å²) < 4.78 is 40.9. The Morgan fingerprint density at radius 2 is 2.20 bits per heavy atom. The maximum atomic E-state index is 13.1. The standard InChI is InChI=1S/C12H10ClF3N4/c13-9-3-8(10-17-1-2-20(10)18-9)19-5-7-4-11(7,6-19)12(14,15)16/h1-3,7H,4-6H2. The molecule has 2 aliphatic rings. The zero-order valence-electron chi connectivity index (χ0n) is 10.2. The zero-order chi connectivity index (χ0) is 14.1. The van der Waals surface area contributed by atoms with Crippen molar-refractivity contribution in [3.63, 3.8) is 0 Å². The van der Waals surface area contributed by atoms with Crippen molar-refractivity contribution in [1.29, 1.82) is 0 Å². The molecule has 20 heavy (non-hydrogen) atoms. The van der Waals surface area contributed by atoms with Crippen LogP contribution in [0.5, 0.6) is 0 Å². The second-order valence-electron chi connectivity index (χ2n) is 5.48. The number of alkyl halides is 3. The molecule has 1 aliphatic heterocycles. The zero-order valence-corrected chi connectivity index (χ0v) is 11.0. The Bertz CT molecular complexity index is 698. The van der Waals surface area contributed by atoms with E-state index >= 15 is 0 Å². The summed E-state index contributed by atoms with van der Waals surface area (Å²) in [5.74, 6) is -0.315. The van der Waals surface area contributed by atoms with E-state index in [0.717, 1.165) is 0 Å². The molecule has 1 saturated heterocycles. The molecule has 0 radical (unpaired) electrons. The van der Waals surface area contributed by atoms with Gasteiger partial charge in [-0.15, -0.1) is 0 Å². The first-order valence-corrected chi connectivity index (χ1v) is 6.60. The van der Waals surface area contributed by atoms with Crippen LogP contribution in [0.25, 0.3) is 5.65 Å². The fraction of sp³-hybridized carbons (Fsp3) is 0.500. The number of piperidine rings is 1. The topological polar surface area (TPSA) is 33.4 Å². The van der Waals surface area contributed by atoms with Gasteiger partial charge in [0.1, 0.15) is 0 Å². The molecular formula is C12H10ClF3N4. The van der Waals surface area contributed by atoms with Gasteiger partial charge in [0.05, 0.1) is 11.1 Å². The average Bonchev–Trinajstić information content (AvgIpc) is 2.74. The van der Waals surface area contributed by atoms with Crippen LogP contribution in [0.3, 0.4) is 0 Å². The smallest absolute Gasteiger partial charge is 0.367 e. The molecule has 0 aromatic carbocycles. The maximum absolute atomic E-state index is 13.1. The Balaban J connectivity index is 1.74. The predicted molar refractivity (Wildman–Crippen MR) is 66.8 cm³/mol. The number of nitrogens with zero attached hydrogens (tertiary/aromatic N) is 4. The van der Waals surface area contributed by atoms with Crippen LogP contribution >= 0.6 is 11.6 Å². The minimum atomic E-state index is -4.14. The normalized spacial score (nSPS) is 29.0. The summed E-state index contributed by atoms with van der Waals surface area (Å²) >= 11 is 5.92. The Labute approximate surface area is 117 Å². The van der Waals surface area contributed by atoms with Crippen LogP contribution in [0.1, 0.15) is 6.42 Å². The first-order chi connectivity index (χ1) is 9.41. The van der Waals surface area contributed by atoms with Gasteiger partial charge in [0.15, 0.2) is 10.8 Å². The van der Waals surface area contributed by atoms with Crippen LogP contribution < -0.4 is 4.90 Å². The fourth-order valence-electron chi connectivity index (χ4n) is 3.21. The van der Waals surface area contributed by atoms with Gasteiger partial charge in [0, 0.05) is 31.5 Å². The number of aromatic nitrogens is 3. The Morgan fingerprint density at radius 1 is 1.40 bits per heavy atom. The number of hydrogen-bond acceptors (Lipinski definition) is 3. The maximum Gasteiger partial charge on any atom is 0.396 e. The molecule has 1 aliphatic carbocycles. The minimum absolute atomic E-state index is 0.0238. The van der Waals surface area contributed by atoms with Crippen molar-refractivity contribution < 1.29 is 13.2 Å². The van der Waals surface area contributed by atoms with Gasteiger partial charge in [0.2, 0.25) is 0 Å². The third-order valence-electron chi connectivity index (χ3n) is 4.36. The average molecular weight is 303 g/mol. The lowest BCUT2D eigenvalue weighted by Crippen LogP contribution is -2.33. The van der Waals surface area contributed by atoms with E-state index in [1.807, 2.05) is 0 Å². The quantitative estimate of drug-likeness (QED) is 0.812. The van der Waals surface area contributed by atoms with Gasteiger partial charge in [-0.25, -0.2) is 9.50 Å². The highest BCUT2D eigenvalue weighted by Gasteiger charge is 2.74. The van der Waals surface area contributed by atoms with Gasteiger partial charge < -0.3 is 4.90 Å². The predicted octanol–water partition coefficient (Wildman–Crippen LogP) is 2.77. The van der Waals surface area contributed by atoms with Gasteiger partial charge in [-0.05, 0) is 12.3 Å². The highest BCUT2D eigenvalue weighted by Crippen LogP contribution is 2.66. The van der Waals surface area contributed by atoms with Crippen molar-refractivity contribution in [3.05, 3.63) is 23.6 Å². The summed E-state index contributed by atoms with van der Waals surface area (Å²) in [4.78, 5) is 5.87. The lowest BCUT2D eigenvalue weighted by Gasteiger charge is -2.24. The van der Waals surface area contributed by atoms with Crippen molar-refractivity contribution in [3.8, 4) is 0 Å². The van der Waals surface area contributed by atoms with Crippen LogP contribution in [-0.4, -0.2) is 33.9 Å². The lowest BCUT2D eigenvalue weighted by molar-refractivity contribution is -0.184. The number of anilines is 1. The third-order valence-corrected chi connectivity index (χ3v) is 4.55. The summed E-state index contributed by atoms with van der Waals surface area (Å²) in [6.07, 6.45) is -0.731. The SMILES string of the molecule is FC(F)(F)C12CC1CN(c1cc(Cl)nn3ccnc13)C2. The summed E-state index contributed by atoms with van der Waals surface area (Å²) in [7, 11) is 0. The first-order valence-electron chi connectivity index (χ1n) is 6.22. The fourth-order valence-corrected chi connectivity index (χ4v) is 3.39. The lowest BCUT2D eigenvalue weighted by atomic mass is 10.1. The number of rotatable bonds is 1. The highest BCUT2D eigenvalue weighted by molar-refractivity contribution is 6.29. The van der Waals surface area contributed by atoms with Crippen LogP contribution in [0.2, 0.25) is 5.15 Å². The van der Waals surface area contributed by atoms with Crippen molar-refractivity contribution >= 4 is 22.9 Å². The van der Waals surface area contributed by atoms with E-state index in [-0.39, 0.29) is 24.0 Å². The molecule has 8 heteroatoms. The van der Waals surface area contributed by atoms with Crippen LogP contribution in [-0.2, 0) is 0 Å². The second kappa shape index (κ2) is 3.58. The van der Waals surface area contributed by atoms with E-state index < -0.39 is 11.6 Å². The molecule has 2 aromatic heterocycles. The highest BCUT2D eigenvalue weighted by atomic mass is 35.5. The molecule has 0 N–H and O–H groups in total. The van der Waals surface area contributed by atoms with E-state index in [9.17, 15) is 13.2 Å². The summed E-state index contributed by atoms with van der Waals surface area (Å²) in [5, 5.41) is 4.28. The number of fused-ring (bicyclic) bond motifs is 2. The van der Waals surface area contributed by atoms with E-state index in [4.69, 9.17) is 11.6 Å². The Hall–Kier alpha value is -1.50. The van der Waals surface area contributed by atoms with E-state index in [0.29, 0.717) is 17.9 Å². The number of hydrogen-bond donors (Lipinski definition) is 0. The Kier molecular flexibility index (Phi) is 2.19. The van der Waals surface area contributed by atoms with Crippen LogP contribution in [0, 0.1) is 11.3 Å². The molecule has 1 saturated carbocycles. The van der Waals surface area contributed by atoms with Crippen molar-refractivity contribution in [2.24, 2.45) is 11.3 Å². The summed E-state index contributed by atoms with van der Waals surface area (Å²) in [5.41, 5.74) is -0.384.